The number of carboxylic acids is 1. The SMILES string of the molecule is O=C([O-])C(F)(F)F.[NH3+][C@@H](Cc1ccccc1)C(=O)N[C@H](CNC(=O)OCC1c2ccccc2-c2ccccc21)Cc1ccccc1. The molecular weight excluding hydrogens is 599 g/mol. The number of aliphatic carboxylic acids is 1. The van der Waals surface area contributed by atoms with Crippen LogP contribution in [0.2, 0.25) is 0 Å². The van der Waals surface area contributed by atoms with Gasteiger partial charge in [-0.25, -0.2) is 4.79 Å². The number of halogens is 3. The fraction of sp³-hybridized carbons (Fsp3) is 0.229. The molecule has 11 heteroatoms. The largest absolute Gasteiger partial charge is 0.542 e. The second-order valence-electron chi connectivity index (χ2n) is 10.8. The van der Waals surface area contributed by atoms with Crippen molar-refractivity contribution in [1.29, 1.82) is 0 Å². The molecule has 8 nitrogen and oxygen atoms in total. The molecule has 5 rings (SSSR count). The van der Waals surface area contributed by atoms with Crippen molar-refractivity contribution in [1.82, 2.24) is 10.6 Å². The number of alkyl carbamates (subject to hydrolysis) is 1. The van der Waals surface area contributed by atoms with Gasteiger partial charge in [-0.3, -0.25) is 4.79 Å². The van der Waals surface area contributed by atoms with Crippen LogP contribution in [0.3, 0.4) is 0 Å². The molecule has 0 bridgehead atoms. The number of amides is 2. The van der Waals surface area contributed by atoms with Gasteiger partial charge in [-0.05, 0) is 39.8 Å². The average molecular weight is 634 g/mol. The maximum absolute atomic E-state index is 13.0. The molecule has 0 saturated heterocycles. The van der Waals surface area contributed by atoms with Gasteiger partial charge in [0.15, 0.2) is 6.04 Å². The lowest BCUT2D eigenvalue weighted by Gasteiger charge is -2.21. The van der Waals surface area contributed by atoms with Crippen molar-refractivity contribution in [3.8, 4) is 11.1 Å². The van der Waals surface area contributed by atoms with Crippen LogP contribution >= 0.6 is 0 Å². The van der Waals surface area contributed by atoms with E-state index in [9.17, 15) is 22.8 Å². The van der Waals surface area contributed by atoms with Crippen molar-refractivity contribution in [3.63, 3.8) is 0 Å². The summed E-state index contributed by atoms with van der Waals surface area (Å²) < 4.78 is 37.2. The van der Waals surface area contributed by atoms with Crippen molar-refractivity contribution in [2.45, 2.75) is 37.0 Å². The van der Waals surface area contributed by atoms with Crippen molar-refractivity contribution < 1.29 is 43.1 Å². The Hall–Kier alpha value is -5.16. The number of ether oxygens (including phenoxy) is 1. The summed E-state index contributed by atoms with van der Waals surface area (Å²) in [7, 11) is 0. The van der Waals surface area contributed by atoms with Crippen LogP contribution in [0.4, 0.5) is 18.0 Å². The number of alkyl halides is 3. The number of carbonyl (C=O) groups excluding carboxylic acids is 3. The summed E-state index contributed by atoms with van der Waals surface area (Å²) in [6.07, 6.45) is -4.57. The number of rotatable bonds is 10. The molecule has 0 fully saturated rings. The first-order chi connectivity index (χ1) is 22.0. The molecule has 1 aliphatic rings. The van der Waals surface area contributed by atoms with Gasteiger partial charge in [-0.15, -0.1) is 0 Å². The highest BCUT2D eigenvalue weighted by molar-refractivity contribution is 5.81. The molecule has 0 spiro atoms. The van der Waals surface area contributed by atoms with E-state index in [0.717, 1.165) is 11.1 Å². The van der Waals surface area contributed by atoms with Crippen LogP contribution in [-0.4, -0.2) is 49.4 Å². The third kappa shape index (κ3) is 9.42. The van der Waals surface area contributed by atoms with Crippen molar-refractivity contribution in [2.75, 3.05) is 13.2 Å². The molecule has 2 atom stereocenters. The number of carbonyl (C=O) groups is 3. The Kier molecular flexibility index (Phi) is 11.5. The van der Waals surface area contributed by atoms with E-state index in [4.69, 9.17) is 14.6 Å². The van der Waals surface area contributed by atoms with Gasteiger partial charge in [0.05, 0.1) is 6.04 Å². The number of hydrogen-bond acceptors (Lipinski definition) is 5. The minimum Gasteiger partial charge on any atom is -0.542 e. The van der Waals surface area contributed by atoms with Crippen LogP contribution in [0.25, 0.3) is 11.1 Å². The molecule has 46 heavy (non-hydrogen) atoms. The normalized spacial score (nSPS) is 13.2. The molecule has 240 valence electrons. The smallest absolute Gasteiger partial charge is 0.430 e. The minimum atomic E-state index is -5.19. The first-order valence-electron chi connectivity index (χ1n) is 14.6. The highest BCUT2D eigenvalue weighted by Gasteiger charge is 2.30. The maximum atomic E-state index is 13.0. The Morgan fingerprint density at radius 2 is 1.22 bits per heavy atom. The van der Waals surface area contributed by atoms with E-state index in [2.05, 4.69) is 40.6 Å². The molecule has 0 radical (unpaired) electrons. The highest BCUT2D eigenvalue weighted by Crippen LogP contribution is 2.44. The fourth-order valence-corrected chi connectivity index (χ4v) is 5.24. The zero-order valence-corrected chi connectivity index (χ0v) is 24.8. The fourth-order valence-electron chi connectivity index (χ4n) is 5.24. The second-order valence-corrected chi connectivity index (χ2v) is 10.8. The van der Waals surface area contributed by atoms with Gasteiger partial charge in [0.25, 0.3) is 5.91 Å². The quantitative estimate of drug-likeness (QED) is 0.246. The summed E-state index contributed by atoms with van der Waals surface area (Å²) in [5.41, 5.74) is 10.9. The third-order valence-electron chi connectivity index (χ3n) is 7.43. The molecule has 0 aromatic heterocycles. The van der Waals surface area contributed by atoms with E-state index in [-0.39, 0.29) is 31.0 Å². The Morgan fingerprint density at radius 3 is 1.72 bits per heavy atom. The third-order valence-corrected chi connectivity index (χ3v) is 7.43. The van der Waals surface area contributed by atoms with Gasteiger partial charge in [0.1, 0.15) is 12.6 Å². The van der Waals surface area contributed by atoms with Gasteiger partial charge in [0, 0.05) is 18.9 Å². The van der Waals surface area contributed by atoms with E-state index < -0.39 is 24.3 Å². The molecular formula is C35H34F3N3O5. The Morgan fingerprint density at radius 1 is 0.761 bits per heavy atom. The first kappa shape index (κ1) is 33.7. The van der Waals surface area contributed by atoms with Crippen molar-refractivity contribution in [2.24, 2.45) is 0 Å². The zero-order valence-electron chi connectivity index (χ0n) is 24.8. The van der Waals surface area contributed by atoms with Crippen LogP contribution < -0.4 is 21.5 Å². The lowest BCUT2D eigenvalue weighted by atomic mass is 9.98. The van der Waals surface area contributed by atoms with Gasteiger partial charge >= 0.3 is 12.3 Å². The summed E-state index contributed by atoms with van der Waals surface area (Å²) in [6, 6.07) is 35.5. The van der Waals surface area contributed by atoms with Crippen LogP contribution in [-0.2, 0) is 27.2 Å². The van der Waals surface area contributed by atoms with E-state index in [1.54, 1.807) is 0 Å². The van der Waals surface area contributed by atoms with E-state index >= 15 is 0 Å². The monoisotopic (exact) mass is 633 g/mol. The minimum absolute atomic E-state index is 0.00659. The summed E-state index contributed by atoms with van der Waals surface area (Å²) in [5.74, 6) is -3.16. The topological polar surface area (TPSA) is 135 Å². The number of nitrogens with one attached hydrogen (secondary N) is 2. The Balaban J connectivity index is 0.000000617. The predicted molar refractivity (Wildman–Crippen MR) is 163 cm³/mol. The summed E-state index contributed by atoms with van der Waals surface area (Å²) in [4.78, 5) is 34.6. The predicted octanol–water partition coefficient (Wildman–Crippen LogP) is 3.40. The summed E-state index contributed by atoms with van der Waals surface area (Å²) >= 11 is 0. The molecule has 0 heterocycles. The standard InChI is InChI=1S/C33H33N3O3.C2HF3O2/c34-31(20-24-13-5-2-6-14-24)32(37)36-25(19-23-11-3-1-4-12-23)21-35-33(38)39-22-30-28-17-9-7-15-26(28)27-16-8-10-18-29(27)30;3-2(4,5)1(6)7/h1-18,25,30-31H,19-22,34H2,(H,35,38)(H,36,37);(H,6,7)/t25-,31-;/m0./s1. The molecule has 5 N–H and O–H groups in total. The molecule has 2 amide bonds. The van der Waals surface area contributed by atoms with Crippen LogP contribution in [0.5, 0.6) is 0 Å². The molecule has 4 aromatic rings. The van der Waals surface area contributed by atoms with Gasteiger partial charge in [-0.2, -0.15) is 13.2 Å². The number of fused-ring (bicyclic) bond motifs is 3. The lowest BCUT2D eigenvalue weighted by molar-refractivity contribution is -0.403. The lowest BCUT2D eigenvalue weighted by Crippen LogP contribution is -2.69. The van der Waals surface area contributed by atoms with Crippen molar-refractivity contribution >= 4 is 18.0 Å². The highest BCUT2D eigenvalue weighted by atomic mass is 19.4. The van der Waals surface area contributed by atoms with Gasteiger partial charge in [0.2, 0.25) is 0 Å². The number of quaternary nitrogens is 1. The Labute approximate surface area is 264 Å². The van der Waals surface area contributed by atoms with E-state index in [1.807, 2.05) is 84.9 Å². The number of hydrogen-bond donors (Lipinski definition) is 3. The second kappa shape index (κ2) is 15.7. The summed E-state index contributed by atoms with van der Waals surface area (Å²) in [5, 5.41) is 14.7. The Bertz CT molecular complexity index is 1570. The van der Waals surface area contributed by atoms with E-state index in [1.165, 1.54) is 22.3 Å². The molecule has 0 aliphatic heterocycles. The van der Waals surface area contributed by atoms with Crippen molar-refractivity contribution in [3.05, 3.63) is 131 Å². The molecule has 0 saturated carbocycles. The molecule has 0 unspecified atom stereocenters. The van der Waals surface area contributed by atoms with Gasteiger partial charge in [-0.1, -0.05) is 109 Å². The maximum Gasteiger partial charge on any atom is 0.430 e. The number of carboxylic acid groups (broad SMARTS) is 1. The number of benzene rings is 4. The average Bonchev–Trinajstić information content (AvgIpc) is 3.37. The van der Waals surface area contributed by atoms with Crippen LogP contribution in [0, 0.1) is 0 Å². The van der Waals surface area contributed by atoms with Gasteiger partial charge < -0.3 is 31.0 Å². The molecule has 4 aromatic carbocycles. The summed E-state index contributed by atoms with van der Waals surface area (Å²) in [6.45, 7) is 0.489. The van der Waals surface area contributed by atoms with Crippen LogP contribution in [0.15, 0.2) is 109 Å². The zero-order chi connectivity index (χ0) is 33.1. The molecule has 1 aliphatic carbocycles. The first-order valence-corrected chi connectivity index (χ1v) is 14.6. The van der Waals surface area contributed by atoms with Crippen LogP contribution in [0.1, 0.15) is 28.2 Å². The van der Waals surface area contributed by atoms with E-state index in [0.29, 0.717) is 12.8 Å².